The fourth-order valence-electron chi connectivity index (χ4n) is 7.10. The van der Waals surface area contributed by atoms with Crippen LogP contribution in [0.3, 0.4) is 0 Å². The van der Waals surface area contributed by atoms with Gasteiger partial charge in [0.05, 0.1) is 0 Å². The molecule has 0 fully saturated rings. The number of unbranched alkanes of at least 4 members (excludes halogenated alkanes) is 20. The van der Waals surface area contributed by atoms with Crippen molar-refractivity contribution in [3.05, 3.63) is 46.5 Å². The number of hydrogen-bond acceptors (Lipinski definition) is 2. The highest BCUT2D eigenvalue weighted by molar-refractivity contribution is 5.77. The third-order valence-electron chi connectivity index (χ3n) is 10.1. The molecule has 0 atom stereocenters. The van der Waals surface area contributed by atoms with Crippen LogP contribution in [0.4, 0.5) is 0 Å². The van der Waals surface area contributed by atoms with Crippen molar-refractivity contribution in [2.45, 2.75) is 207 Å². The Kier molecular flexibility index (Phi) is 22.8. The van der Waals surface area contributed by atoms with Gasteiger partial charge in [0.2, 0.25) is 0 Å². The minimum Gasteiger partial charge on any atom is -0.507 e. The van der Waals surface area contributed by atoms with Crippen LogP contribution in [0.2, 0.25) is 0 Å². The SMILES string of the molecule is CCCCCCCCc1cc(O)c(-c2cc(CCCCCCCC)c(CCCCCCCC)cc2O)cc1CCCCCCCC. The number of hydrogen-bond donors (Lipinski definition) is 2. The molecule has 262 valence electrons. The fourth-order valence-corrected chi connectivity index (χ4v) is 7.10. The Bertz CT molecular complexity index is 955. The third kappa shape index (κ3) is 16.2. The first-order valence-electron chi connectivity index (χ1n) is 20.2. The van der Waals surface area contributed by atoms with Crippen molar-refractivity contribution in [1.29, 1.82) is 0 Å². The molecule has 0 aliphatic carbocycles. The summed E-state index contributed by atoms with van der Waals surface area (Å²) >= 11 is 0. The van der Waals surface area contributed by atoms with Crippen LogP contribution < -0.4 is 0 Å². The molecule has 0 radical (unpaired) electrons. The van der Waals surface area contributed by atoms with Gasteiger partial charge in [0.15, 0.2) is 0 Å². The third-order valence-corrected chi connectivity index (χ3v) is 10.1. The van der Waals surface area contributed by atoms with Crippen molar-refractivity contribution >= 4 is 0 Å². The largest absolute Gasteiger partial charge is 0.507 e. The summed E-state index contributed by atoms with van der Waals surface area (Å²) in [7, 11) is 0. The lowest BCUT2D eigenvalue weighted by atomic mass is 9.88. The van der Waals surface area contributed by atoms with Crippen molar-refractivity contribution in [3.8, 4) is 22.6 Å². The van der Waals surface area contributed by atoms with Gasteiger partial charge in [-0.25, -0.2) is 0 Å². The van der Waals surface area contributed by atoms with Crippen molar-refractivity contribution in [2.75, 3.05) is 0 Å². The van der Waals surface area contributed by atoms with E-state index in [2.05, 4.69) is 39.8 Å². The van der Waals surface area contributed by atoms with Crippen molar-refractivity contribution in [1.82, 2.24) is 0 Å². The Balaban J connectivity index is 2.29. The molecule has 0 spiro atoms. The average Bonchev–Trinajstić information content (AvgIpc) is 3.05. The zero-order valence-electron chi connectivity index (χ0n) is 31.0. The zero-order chi connectivity index (χ0) is 33.2. The van der Waals surface area contributed by atoms with Gasteiger partial charge in [-0.15, -0.1) is 0 Å². The zero-order valence-corrected chi connectivity index (χ0v) is 31.0. The molecule has 0 unspecified atom stereocenters. The van der Waals surface area contributed by atoms with Crippen LogP contribution in [0.15, 0.2) is 24.3 Å². The second-order valence-electron chi connectivity index (χ2n) is 14.3. The van der Waals surface area contributed by atoms with E-state index in [9.17, 15) is 10.2 Å². The molecule has 2 nitrogen and oxygen atoms in total. The minimum atomic E-state index is 0.331. The lowest BCUT2D eigenvalue weighted by Crippen LogP contribution is -2.00. The van der Waals surface area contributed by atoms with Crippen molar-refractivity contribution in [2.24, 2.45) is 0 Å². The number of phenols is 2. The predicted octanol–water partition coefficient (Wildman–Crippen LogP) is 14.4. The van der Waals surface area contributed by atoms with E-state index in [0.717, 1.165) is 36.8 Å². The first kappa shape index (κ1) is 40.2. The molecular weight excluding hydrogens is 560 g/mol. The molecular formula is C44H74O2. The Morgan fingerprint density at radius 3 is 0.783 bits per heavy atom. The van der Waals surface area contributed by atoms with Crippen LogP contribution in [-0.2, 0) is 25.7 Å². The van der Waals surface area contributed by atoms with E-state index in [1.54, 1.807) is 0 Å². The summed E-state index contributed by atoms with van der Waals surface area (Å²) in [6.45, 7) is 9.11. The monoisotopic (exact) mass is 635 g/mol. The van der Waals surface area contributed by atoms with Crippen LogP contribution in [0.1, 0.15) is 204 Å². The molecule has 0 bridgehead atoms. The summed E-state index contributed by atoms with van der Waals surface area (Å²) in [5.41, 5.74) is 7.03. The van der Waals surface area contributed by atoms with Gasteiger partial charge in [-0.3, -0.25) is 0 Å². The molecule has 0 amide bonds. The van der Waals surface area contributed by atoms with E-state index < -0.39 is 0 Å². The van der Waals surface area contributed by atoms with E-state index in [0.29, 0.717) is 11.5 Å². The first-order chi connectivity index (χ1) is 22.5. The average molecular weight is 635 g/mol. The standard InChI is InChI=1S/C44H74O2/c1-5-9-13-17-21-25-29-37-33-41(43(45)35-39(37)31-27-23-19-15-11-7-3)42-34-38(30-26-22-18-14-10-6-2)40(36-44(42)46)32-28-24-20-16-12-8-4/h33-36,45-46H,5-32H2,1-4H3. The van der Waals surface area contributed by atoms with Gasteiger partial charge >= 0.3 is 0 Å². The Hall–Kier alpha value is -1.96. The second kappa shape index (κ2) is 26.0. The molecule has 2 aromatic rings. The lowest BCUT2D eigenvalue weighted by molar-refractivity contribution is 0.467. The molecule has 0 aliphatic rings. The van der Waals surface area contributed by atoms with Gasteiger partial charge in [-0.2, -0.15) is 0 Å². The summed E-state index contributed by atoms with van der Waals surface area (Å²) < 4.78 is 0. The van der Waals surface area contributed by atoms with Gasteiger partial charge in [0, 0.05) is 11.1 Å². The van der Waals surface area contributed by atoms with E-state index in [-0.39, 0.29) is 0 Å². The highest BCUT2D eigenvalue weighted by atomic mass is 16.3. The van der Waals surface area contributed by atoms with Gasteiger partial charge in [0.25, 0.3) is 0 Å². The molecule has 2 aromatic carbocycles. The van der Waals surface area contributed by atoms with Gasteiger partial charge in [0.1, 0.15) is 11.5 Å². The smallest absolute Gasteiger partial charge is 0.123 e. The van der Waals surface area contributed by atoms with E-state index in [1.165, 1.54) is 176 Å². The molecule has 0 saturated heterocycles. The summed E-state index contributed by atoms with van der Waals surface area (Å²) in [6.07, 6.45) is 35.1. The van der Waals surface area contributed by atoms with E-state index in [4.69, 9.17) is 0 Å². The van der Waals surface area contributed by atoms with E-state index in [1.807, 2.05) is 12.1 Å². The fraction of sp³-hybridized carbons (Fsp3) is 0.727. The van der Waals surface area contributed by atoms with Crippen LogP contribution >= 0.6 is 0 Å². The summed E-state index contributed by atoms with van der Waals surface area (Å²) in [5, 5.41) is 22.8. The van der Waals surface area contributed by atoms with E-state index >= 15 is 0 Å². The minimum absolute atomic E-state index is 0.331. The summed E-state index contributed by atoms with van der Waals surface area (Å²) in [6, 6.07) is 8.57. The topological polar surface area (TPSA) is 40.5 Å². The quantitative estimate of drug-likeness (QED) is 0.0874. The normalized spacial score (nSPS) is 11.5. The van der Waals surface area contributed by atoms with Crippen molar-refractivity contribution in [3.63, 3.8) is 0 Å². The number of aromatic hydroxyl groups is 2. The maximum absolute atomic E-state index is 11.4. The van der Waals surface area contributed by atoms with Crippen LogP contribution in [-0.4, -0.2) is 10.2 Å². The predicted molar refractivity (Wildman–Crippen MR) is 204 cm³/mol. The highest BCUT2D eigenvalue weighted by Gasteiger charge is 2.17. The van der Waals surface area contributed by atoms with Gasteiger partial charge in [-0.1, -0.05) is 156 Å². The Morgan fingerprint density at radius 1 is 0.304 bits per heavy atom. The van der Waals surface area contributed by atoms with Crippen LogP contribution in [0, 0.1) is 0 Å². The first-order valence-corrected chi connectivity index (χ1v) is 20.2. The molecule has 0 aliphatic heterocycles. The Morgan fingerprint density at radius 2 is 0.522 bits per heavy atom. The van der Waals surface area contributed by atoms with Crippen molar-refractivity contribution < 1.29 is 10.2 Å². The number of benzene rings is 2. The molecule has 0 saturated carbocycles. The molecule has 2 heteroatoms. The summed E-state index contributed by atoms with van der Waals surface area (Å²) in [4.78, 5) is 0. The second-order valence-corrected chi connectivity index (χ2v) is 14.3. The van der Waals surface area contributed by atoms with Crippen LogP contribution in [0.25, 0.3) is 11.1 Å². The number of aryl methyl sites for hydroxylation is 4. The Labute approximate surface area is 286 Å². The summed E-state index contributed by atoms with van der Waals surface area (Å²) in [5.74, 6) is 0.661. The molecule has 0 heterocycles. The maximum atomic E-state index is 11.4. The van der Waals surface area contributed by atoms with Gasteiger partial charge < -0.3 is 10.2 Å². The molecule has 0 aromatic heterocycles. The lowest BCUT2D eigenvalue weighted by Gasteiger charge is -2.18. The number of rotatable bonds is 29. The van der Waals surface area contributed by atoms with Crippen LogP contribution in [0.5, 0.6) is 11.5 Å². The molecule has 2 rings (SSSR count). The highest BCUT2D eigenvalue weighted by Crippen LogP contribution is 2.40. The number of phenolic OH excluding ortho intramolecular Hbond substituents is 2. The maximum Gasteiger partial charge on any atom is 0.123 e. The molecule has 2 N–H and O–H groups in total. The molecule has 46 heavy (non-hydrogen) atoms. The van der Waals surface area contributed by atoms with Gasteiger partial charge in [-0.05, 0) is 97.9 Å².